The Bertz CT molecular complexity index is 1040. The first-order valence-electron chi connectivity index (χ1n) is 9.80. The fourth-order valence-corrected chi connectivity index (χ4v) is 5.76. The number of benzene rings is 2. The van der Waals surface area contributed by atoms with E-state index in [1.165, 1.54) is 28.1 Å². The highest BCUT2D eigenvalue weighted by molar-refractivity contribution is 7.89. The number of para-hydroxylation sites is 1. The molecule has 0 aromatic heterocycles. The van der Waals surface area contributed by atoms with Crippen LogP contribution < -0.4 is 10.2 Å². The minimum absolute atomic E-state index is 0.152. The van der Waals surface area contributed by atoms with Gasteiger partial charge in [-0.25, -0.2) is 8.42 Å². The summed E-state index contributed by atoms with van der Waals surface area (Å²) in [6, 6.07) is 12.7. The Kier molecular flexibility index (Phi) is 5.55. The van der Waals surface area contributed by atoms with Gasteiger partial charge in [0.15, 0.2) is 0 Å². The first-order valence-corrected chi connectivity index (χ1v) is 11.6. The Hall–Kier alpha value is -2.09. The number of rotatable bonds is 5. The minimum atomic E-state index is -3.57. The van der Waals surface area contributed by atoms with E-state index < -0.39 is 10.0 Å². The summed E-state index contributed by atoms with van der Waals surface area (Å²) in [5, 5.41) is 3.11. The van der Waals surface area contributed by atoms with Crippen LogP contribution in [0.4, 0.5) is 11.4 Å². The summed E-state index contributed by atoms with van der Waals surface area (Å²) < 4.78 is 27.1. The molecule has 0 saturated carbocycles. The van der Waals surface area contributed by atoms with Gasteiger partial charge in [-0.15, -0.1) is 0 Å². The van der Waals surface area contributed by atoms with E-state index in [-0.39, 0.29) is 23.4 Å². The summed E-state index contributed by atoms with van der Waals surface area (Å²) in [5.41, 5.74) is 2.60. The Morgan fingerprint density at radius 3 is 2.66 bits per heavy atom. The van der Waals surface area contributed by atoms with Crippen molar-refractivity contribution in [2.45, 2.75) is 37.1 Å². The van der Waals surface area contributed by atoms with Crippen molar-refractivity contribution >= 4 is 38.9 Å². The molecule has 2 aliphatic rings. The molecule has 1 N–H and O–H groups in total. The Morgan fingerprint density at radius 1 is 1.17 bits per heavy atom. The summed E-state index contributed by atoms with van der Waals surface area (Å²) in [4.78, 5) is 14.9. The van der Waals surface area contributed by atoms with Crippen LogP contribution in [0.5, 0.6) is 0 Å². The molecule has 2 aromatic carbocycles. The highest BCUT2D eigenvalue weighted by Crippen LogP contribution is 2.32. The van der Waals surface area contributed by atoms with Gasteiger partial charge in [0.1, 0.15) is 0 Å². The molecule has 6 nitrogen and oxygen atoms in total. The van der Waals surface area contributed by atoms with Gasteiger partial charge >= 0.3 is 0 Å². The molecule has 2 aliphatic heterocycles. The number of hydrogen-bond donors (Lipinski definition) is 1. The van der Waals surface area contributed by atoms with E-state index in [2.05, 4.69) is 23.2 Å². The highest BCUT2D eigenvalue weighted by Gasteiger charge is 2.29. The van der Waals surface area contributed by atoms with E-state index in [0.717, 1.165) is 24.9 Å². The van der Waals surface area contributed by atoms with Gasteiger partial charge in [0, 0.05) is 24.8 Å². The molecule has 0 spiro atoms. The van der Waals surface area contributed by atoms with Crippen molar-refractivity contribution < 1.29 is 13.2 Å². The van der Waals surface area contributed by atoms with Crippen molar-refractivity contribution in [1.82, 2.24) is 4.31 Å². The molecule has 0 radical (unpaired) electrons. The molecule has 29 heavy (non-hydrogen) atoms. The molecule has 0 bridgehead atoms. The molecule has 154 valence electrons. The van der Waals surface area contributed by atoms with Gasteiger partial charge in [0.05, 0.1) is 22.2 Å². The van der Waals surface area contributed by atoms with Crippen LogP contribution in [0.2, 0.25) is 5.02 Å². The summed E-state index contributed by atoms with van der Waals surface area (Å²) >= 11 is 6.24. The van der Waals surface area contributed by atoms with E-state index in [0.29, 0.717) is 23.8 Å². The Labute approximate surface area is 176 Å². The average molecular weight is 434 g/mol. The predicted molar refractivity (Wildman–Crippen MR) is 115 cm³/mol. The van der Waals surface area contributed by atoms with Gasteiger partial charge in [-0.05, 0) is 56.0 Å². The third kappa shape index (κ3) is 3.99. The molecular weight excluding hydrogens is 410 g/mol. The number of nitrogens with zero attached hydrogens (tertiary/aromatic N) is 2. The number of hydrogen-bond acceptors (Lipinski definition) is 4. The van der Waals surface area contributed by atoms with Crippen LogP contribution in [0.15, 0.2) is 47.4 Å². The van der Waals surface area contributed by atoms with Gasteiger partial charge in [0.25, 0.3) is 0 Å². The molecule has 1 amide bonds. The smallest absolute Gasteiger partial charge is 0.243 e. The lowest BCUT2D eigenvalue weighted by Gasteiger charge is -2.24. The number of carbonyl (C=O) groups excluding carboxylic acids is 1. The lowest BCUT2D eigenvalue weighted by molar-refractivity contribution is -0.115. The topological polar surface area (TPSA) is 69.7 Å². The second kappa shape index (κ2) is 7.97. The van der Waals surface area contributed by atoms with E-state index in [1.54, 1.807) is 0 Å². The summed E-state index contributed by atoms with van der Waals surface area (Å²) in [5.74, 6) is -0.230. The lowest BCUT2D eigenvalue weighted by Crippen LogP contribution is -2.37. The Balaban J connectivity index is 1.51. The van der Waals surface area contributed by atoms with Gasteiger partial charge in [-0.2, -0.15) is 4.31 Å². The molecule has 4 rings (SSSR count). The van der Waals surface area contributed by atoms with Crippen LogP contribution in [0.25, 0.3) is 0 Å². The Morgan fingerprint density at radius 2 is 1.90 bits per heavy atom. The van der Waals surface area contributed by atoms with Crippen molar-refractivity contribution in [3.63, 3.8) is 0 Å². The molecule has 8 heteroatoms. The quantitative estimate of drug-likeness (QED) is 0.783. The number of halogens is 1. The van der Waals surface area contributed by atoms with Gasteiger partial charge in [-0.1, -0.05) is 29.8 Å². The maximum Gasteiger partial charge on any atom is 0.243 e. The number of nitrogens with one attached hydrogen (secondary N) is 1. The van der Waals surface area contributed by atoms with E-state index >= 15 is 0 Å². The van der Waals surface area contributed by atoms with Crippen LogP contribution in [0.3, 0.4) is 0 Å². The fraction of sp³-hybridized carbons (Fsp3) is 0.381. The van der Waals surface area contributed by atoms with Crippen molar-refractivity contribution in [3.05, 3.63) is 53.1 Å². The first-order chi connectivity index (χ1) is 13.9. The normalized spacial score (nSPS) is 19.4. The van der Waals surface area contributed by atoms with Crippen LogP contribution in [0.1, 0.15) is 25.3 Å². The third-order valence-electron chi connectivity index (χ3n) is 5.58. The SMILES string of the molecule is C[C@@H]1Cc2ccccc2N1CC(=O)Nc1cc(S(=O)(=O)N2CCCC2)ccc1Cl. The van der Waals surface area contributed by atoms with E-state index in [9.17, 15) is 13.2 Å². The first kappa shape index (κ1) is 20.2. The van der Waals surface area contributed by atoms with Crippen molar-refractivity contribution in [3.8, 4) is 0 Å². The monoisotopic (exact) mass is 433 g/mol. The second-order valence-corrected chi connectivity index (χ2v) is 9.96. The van der Waals surface area contributed by atoms with Crippen LogP contribution in [-0.2, 0) is 21.2 Å². The summed E-state index contributed by atoms with van der Waals surface area (Å²) in [7, 11) is -3.57. The third-order valence-corrected chi connectivity index (χ3v) is 7.80. The molecule has 1 atom stereocenters. The molecule has 0 unspecified atom stereocenters. The number of sulfonamides is 1. The largest absolute Gasteiger partial charge is 0.359 e. The van der Waals surface area contributed by atoms with Crippen LogP contribution in [0, 0.1) is 0 Å². The lowest BCUT2D eigenvalue weighted by atomic mass is 10.1. The fourth-order valence-electron chi connectivity index (χ4n) is 4.05. The molecule has 2 aromatic rings. The molecular formula is C21H24ClN3O3S. The number of carbonyl (C=O) groups is 1. The minimum Gasteiger partial charge on any atom is -0.359 e. The zero-order valence-corrected chi connectivity index (χ0v) is 17.8. The predicted octanol–water partition coefficient (Wildman–Crippen LogP) is 3.51. The zero-order chi connectivity index (χ0) is 20.6. The van der Waals surface area contributed by atoms with Crippen LogP contribution in [-0.4, -0.2) is 44.3 Å². The van der Waals surface area contributed by atoms with Crippen molar-refractivity contribution in [1.29, 1.82) is 0 Å². The number of anilines is 2. The number of fused-ring (bicyclic) bond motifs is 1. The summed E-state index contributed by atoms with van der Waals surface area (Å²) in [6.45, 7) is 3.32. The maximum atomic E-state index is 12.8. The van der Waals surface area contributed by atoms with Crippen molar-refractivity contribution in [2.24, 2.45) is 0 Å². The van der Waals surface area contributed by atoms with E-state index in [1.807, 2.05) is 18.2 Å². The second-order valence-electron chi connectivity index (χ2n) is 7.61. The molecule has 1 saturated heterocycles. The highest BCUT2D eigenvalue weighted by atomic mass is 35.5. The average Bonchev–Trinajstić information content (AvgIpc) is 3.33. The zero-order valence-electron chi connectivity index (χ0n) is 16.3. The number of amides is 1. The van der Waals surface area contributed by atoms with Gasteiger partial charge < -0.3 is 10.2 Å². The summed E-state index contributed by atoms with van der Waals surface area (Å²) in [6.07, 6.45) is 2.63. The van der Waals surface area contributed by atoms with Gasteiger partial charge in [0.2, 0.25) is 15.9 Å². The molecule has 1 fully saturated rings. The molecule has 2 heterocycles. The maximum absolute atomic E-state index is 12.8. The van der Waals surface area contributed by atoms with Gasteiger partial charge in [-0.3, -0.25) is 4.79 Å². The van der Waals surface area contributed by atoms with Crippen molar-refractivity contribution in [2.75, 3.05) is 29.9 Å². The molecule has 0 aliphatic carbocycles. The van der Waals surface area contributed by atoms with Crippen LogP contribution >= 0.6 is 11.6 Å². The van der Waals surface area contributed by atoms with E-state index in [4.69, 9.17) is 11.6 Å². The standard InChI is InChI=1S/C21H24ClN3O3S/c1-15-12-16-6-2-3-7-20(16)25(15)14-21(26)23-19-13-17(8-9-18(19)22)29(27,28)24-10-4-5-11-24/h2-3,6-9,13,15H,4-5,10-12,14H2,1H3,(H,23,26)/t15-/m1/s1.